The lowest BCUT2D eigenvalue weighted by atomic mass is 9.99. The molecule has 1 fully saturated rings. The number of carbonyl (C=O) groups excluding carboxylic acids is 1. The Balaban J connectivity index is 1.64. The van der Waals surface area contributed by atoms with E-state index in [1.807, 2.05) is 31.2 Å². The van der Waals surface area contributed by atoms with Gasteiger partial charge in [0.2, 0.25) is 5.78 Å². The van der Waals surface area contributed by atoms with Gasteiger partial charge in [-0.25, -0.2) is 0 Å². The minimum absolute atomic E-state index is 0.125. The van der Waals surface area contributed by atoms with Crippen molar-refractivity contribution in [3.05, 3.63) is 64.4 Å². The first-order chi connectivity index (χ1) is 13.0. The number of nitrogens with zero attached hydrogens (tertiary/aromatic N) is 1. The van der Waals surface area contributed by atoms with Crippen molar-refractivity contribution in [2.75, 3.05) is 13.1 Å². The SMILES string of the molecule is Cc1cccc(/C=C2/Oc3c(ccc(O)c3CN3CCCC(C)C3)C2=O)c1. The molecule has 1 unspecified atom stereocenters. The molecule has 1 atom stereocenters. The van der Waals surface area contributed by atoms with E-state index >= 15 is 0 Å². The largest absolute Gasteiger partial charge is 0.507 e. The molecule has 2 aromatic carbocycles. The van der Waals surface area contributed by atoms with Crippen LogP contribution in [-0.2, 0) is 6.54 Å². The summed E-state index contributed by atoms with van der Waals surface area (Å²) in [6, 6.07) is 11.2. The van der Waals surface area contributed by atoms with Crippen LogP contribution in [0.5, 0.6) is 11.5 Å². The normalized spacial score (nSPS) is 21.3. The zero-order valence-electron chi connectivity index (χ0n) is 15.9. The standard InChI is InChI=1S/C23H25NO3/c1-15-5-3-7-17(11-15)12-21-22(26)18-8-9-20(25)19(23(18)27-21)14-24-10-4-6-16(2)13-24/h3,5,7-9,11-12,16,25H,4,6,10,13-14H2,1-2H3/b21-12+. The summed E-state index contributed by atoms with van der Waals surface area (Å²) in [5.74, 6) is 1.54. The summed E-state index contributed by atoms with van der Waals surface area (Å²) in [5, 5.41) is 10.4. The highest BCUT2D eigenvalue weighted by atomic mass is 16.5. The molecule has 0 radical (unpaired) electrons. The van der Waals surface area contributed by atoms with Gasteiger partial charge in [-0.15, -0.1) is 0 Å². The molecule has 0 amide bonds. The number of likely N-dealkylation sites (tertiary alicyclic amines) is 1. The molecular formula is C23H25NO3. The van der Waals surface area contributed by atoms with Gasteiger partial charge in [0.25, 0.3) is 0 Å². The second kappa shape index (κ2) is 7.20. The Hall–Kier alpha value is -2.59. The fourth-order valence-electron chi connectivity index (χ4n) is 4.01. The highest BCUT2D eigenvalue weighted by Gasteiger charge is 2.32. The van der Waals surface area contributed by atoms with Crippen LogP contribution in [0.15, 0.2) is 42.2 Å². The first-order valence-corrected chi connectivity index (χ1v) is 9.59. The number of aryl methyl sites for hydroxylation is 1. The fraction of sp³-hybridized carbons (Fsp3) is 0.348. The van der Waals surface area contributed by atoms with Crippen LogP contribution in [0.2, 0.25) is 0 Å². The number of ether oxygens (including phenoxy) is 1. The van der Waals surface area contributed by atoms with Gasteiger partial charge in [0.05, 0.1) is 11.1 Å². The number of piperidine rings is 1. The number of ketones is 1. The second-order valence-corrected chi connectivity index (χ2v) is 7.78. The molecule has 1 N–H and O–H groups in total. The smallest absolute Gasteiger partial charge is 0.231 e. The molecular weight excluding hydrogens is 338 g/mol. The van der Waals surface area contributed by atoms with Gasteiger partial charge in [-0.1, -0.05) is 36.8 Å². The van der Waals surface area contributed by atoms with Gasteiger partial charge in [-0.05, 0) is 56.0 Å². The molecule has 2 aliphatic rings. The fourth-order valence-corrected chi connectivity index (χ4v) is 4.01. The van der Waals surface area contributed by atoms with Crippen molar-refractivity contribution in [1.82, 2.24) is 4.90 Å². The molecule has 0 spiro atoms. The van der Waals surface area contributed by atoms with Gasteiger partial charge in [-0.2, -0.15) is 0 Å². The number of benzene rings is 2. The third-order valence-electron chi connectivity index (χ3n) is 5.38. The number of hydrogen-bond donors (Lipinski definition) is 1. The Bertz CT molecular complexity index is 916. The van der Waals surface area contributed by atoms with E-state index < -0.39 is 0 Å². The number of fused-ring (bicyclic) bond motifs is 1. The molecule has 2 heterocycles. The number of rotatable bonds is 3. The molecule has 2 aromatic rings. The molecule has 4 nitrogen and oxygen atoms in total. The predicted octanol–water partition coefficient (Wildman–Crippen LogP) is 4.55. The maximum atomic E-state index is 12.8. The van der Waals surface area contributed by atoms with Crippen molar-refractivity contribution >= 4 is 11.9 Å². The van der Waals surface area contributed by atoms with E-state index in [0.717, 1.165) is 30.6 Å². The lowest BCUT2D eigenvalue weighted by Crippen LogP contribution is -2.33. The van der Waals surface area contributed by atoms with Crippen molar-refractivity contribution in [1.29, 1.82) is 0 Å². The Morgan fingerprint density at radius 3 is 2.93 bits per heavy atom. The maximum absolute atomic E-state index is 12.8. The van der Waals surface area contributed by atoms with Crippen molar-refractivity contribution in [2.24, 2.45) is 5.92 Å². The molecule has 4 rings (SSSR count). The average Bonchev–Trinajstić information content (AvgIpc) is 2.94. The number of carbonyl (C=O) groups is 1. The Kier molecular flexibility index (Phi) is 4.75. The highest BCUT2D eigenvalue weighted by Crippen LogP contribution is 2.40. The van der Waals surface area contributed by atoms with Gasteiger partial charge in [0, 0.05) is 13.1 Å². The number of aromatic hydroxyl groups is 1. The zero-order chi connectivity index (χ0) is 19.0. The Morgan fingerprint density at radius 2 is 2.15 bits per heavy atom. The third-order valence-corrected chi connectivity index (χ3v) is 5.38. The molecule has 140 valence electrons. The van der Waals surface area contributed by atoms with Crippen molar-refractivity contribution in [3.8, 4) is 11.5 Å². The van der Waals surface area contributed by atoms with Crippen LogP contribution < -0.4 is 4.74 Å². The second-order valence-electron chi connectivity index (χ2n) is 7.78. The molecule has 2 aliphatic heterocycles. The van der Waals surface area contributed by atoms with Crippen LogP contribution in [0.25, 0.3) is 6.08 Å². The number of Topliss-reactive ketones (excluding diaryl/α,β-unsaturated/α-hetero) is 1. The van der Waals surface area contributed by atoms with Crippen molar-refractivity contribution in [3.63, 3.8) is 0 Å². The van der Waals surface area contributed by atoms with E-state index in [0.29, 0.717) is 35.1 Å². The summed E-state index contributed by atoms with van der Waals surface area (Å²) in [7, 11) is 0. The van der Waals surface area contributed by atoms with Crippen LogP contribution in [0, 0.1) is 12.8 Å². The highest BCUT2D eigenvalue weighted by molar-refractivity contribution is 6.15. The Labute approximate surface area is 160 Å². The number of phenolic OH excluding ortho intramolecular Hbond substituents is 1. The first kappa shape index (κ1) is 17.8. The van der Waals surface area contributed by atoms with Gasteiger partial charge in [0.15, 0.2) is 5.76 Å². The quantitative estimate of drug-likeness (QED) is 0.813. The molecule has 4 heteroatoms. The summed E-state index contributed by atoms with van der Waals surface area (Å²) in [5.41, 5.74) is 3.31. The van der Waals surface area contributed by atoms with Crippen molar-refractivity contribution < 1.29 is 14.6 Å². The van der Waals surface area contributed by atoms with Crippen LogP contribution >= 0.6 is 0 Å². The van der Waals surface area contributed by atoms with Crippen LogP contribution in [0.1, 0.15) is 46.8 Å². The zero-order valence-corrected chi connectivity index (χ0v) is 15.9. The summed E-state index contributed by atoms with van der Waals surface area (Å²) in [6.07, 6.45) is 4.18. The number of hydrogen-bond acceptors (Lipinski definition) is 4. The van der Waals surface area contributed by atoms with Gasteiger partial charge in [-0.3, -0.25) is 9.69 Å². The summed E-state index contributed by atoms with van der Waals surface area (Å²) in [4.78, 5) is 15.1. The van der Waals surface area contributed by atoms with E-state index in [4.69, 9.17) is 4.74 Å². The topological polar surface area (TPSA) is 49.8 Å². The number of allylic oxidation sites excluding steroid dienone is 1. The molecule has 0 aromatic heterocycles. The first-order valence-electron chi connectivity index (χ1n) is 9.59. The lowest BCUT2D eigenvalue weighted by molar-refractivity contribution is 0.101. The minimum Gasteiger partial charge on any atom is -0.507 e. The van der Waals surface area contributed by atoms with Gasteiger partial charge in [0.1, 0.15) is 11.5 Å². The van der Waals surface area contributed by atoms with Crippen LogP contribution in [0.3, 0.4) is 0 Å². The molecule has 0 bridgehead atoms. The molecule has 0 saturated carbocycles. The van der Waals surface area contributed by atoms with E-state index in [2.05, 4.69) is 11.8 Å². The summed E-state index contributed by atoms with van der Waals surface area (Å²) in [6.45, 7) is 6.88. The molecule has 0 aliphatic carbocycles. The molecule has 1 saturated heterocycles. The average molecular weight is 363 g/mol. The van der Waals surface area contributed by atoms with Crippen LogP contribution in [0.4, 0.5) is 0 Å². The lowest BCUT2D eigenvalue weighted by Gasteiger charge is -2.31. The predicted molar refractivity (Wildman–Crippen MR) is 106 cm³/mol. The van der Waals surface area contributed by atoms with E-state index in [-0.39, 0.29) is 11.5 Å². The van der Waals surface area contributed by atoms with E-state index in [9.17, 15) is 9.90 Å². The summed E-state index contributed by atoms with van der Waals surface area (Å²) < 4.78 is 5.97. The monoisotopic (exact) mass is 363 g/mol. The molecule has 27 heavy (non-hydrogen) atoms. The minimum atomic E-state index is -0.125. The van der Waals surface area contributed by atoms with E-state index in [1.54, 1.807) is 18.2 Å². The maximum Gasteiger partial charge on any atom is 0.231 e. The van der Waals surface area contributed by atoms with Gasteiger partial charge >= 0.3 is 0 Å². The third kappa shape index (κ3) is 3.62. The van der Waals surface area contributed by atoms with Crippen molar-refractivity contribution in [2.45, 2.75) is 33.2 Å². The van der Waals surface area contributed by atoms with E-state index in [1.165, 1.54) is 6.42 Å². The number of phenols is 1. The summed E-state index contributed by atoms with van der Waals surface area (Å²) >= 11 is 0. The van der Waals surface area contributed by atoms with Gasteiger partial charge < -0.3 is 9.84 Å². The van der Waals surface area contributed by atoms with Crippen LogP contribution in [-0.4, -0.2) is 28.9 Å². The Morgan fingerprint density at radius 1 is 1.30 bits per heavy atom.